The maximum Gasteiger partial charge on any atom is 0.215 e. The molecule has 126 valence electrons. The minimum absolute atomic E-state index is 0.0283. The molecule has 0 aliphatic heterocycles. The maximum atomic E-state index is 11.5. The van der Waals surface area contributed by atoms with Gasteiger partial charge in [0, 0.05) is 13.6 Å². The highest BCUT2D eigenvalue weighted by molar-refractivity contribution is 7.88. The molecule has 2 N–H and O–H groups in total. The van der Waals surface area contributed by atoms with E-state index in [1.165, 1.54) is 13.4 Å². The summed E-state index contributed by atoms with van der Waals surface area (Å²) in [6.07, 6.45) is 3.22. The Morgan fingerprint density at radius 3 is 2.54 bits per heavy atom. The van der Waals surface area contributed by atoms with Crippen LogP contribution in [0.5, 0.6) is 0 Å². The molecule has 1 aromatic carbocycles. The summed E-state index contributed by atoms with van der Waals surface area (Å²) in [7, 11) is -0.0129. The predicted molar refractivity (Wildman–Crippen MR) is 91.8 cm³/mol. The summed E-state index contributed by atoms with van der Waals surface area (Å²) in [5, 5.41) is 8.30. The fourth-order valence-corrected chi connectivity index (χ4v) is 3.11. The van der Waals surface area contributed by atoms with E-state index in [0.717, 1.165) is 28.0 Å². The molecular weight excluding hydrogens is 328 g/mol. The maximum absolute atomic E-state index is 11.5. The zero-order chi connectivity index (χ0) is 17.2. The molecule has 0 radical (unpaired) electrons. The Bertz CT molecular complexity index is 950. The minimum atomic E-state index is -3.25. The molecule has 8 nitrogen and oxygen atoms in total. The van der Waals surface area contributed by atoms with Crippen molar-refractivity contribution in [2.75, 3.05) is 12.4 Å². The van der Waals surface area contributed by atoms with Crippen LogP contribution in [0.25, 0.3) is 11.0 Å². The van der Waals surface area contributed by atoms with Gasteiger partial charge < -0.3 is 5.32 Å². The van der Waals surface area contributed by atoms with Gasteiger partial charge in [0.1, 0.15) is 12.1 Å². The van der Waals surface area contributed by atoms with E-state index in [1.54, 1.807) is 10.9 Å². The van der Waals surface area contributed by atoms with Crippen LogP contribution in [-0.4, -0.2) is 35.2 Å². The summed E-state index contributed by atoms with van der Waals surface area (Å²) in [4.78, 5) is 8.45. The summed E-state index contributed by atoms with van der Waals surface area (Å²) in [5.74, 6) is 0.689. The molecule has 0 spiro atoms. The van der Waals surface area contributed by atoms with Gasteiger partial charge in [-0.25, -0.2) is 23.1 Å². The smallest absolute Gasteiger partial charge is 0.215 e. The second kappa shape index (κ2) is 6.54. The highest BCUT2D eigenvalue weighted by atomic mass is 32.2. The van der Waals surface area contributed by atoms with Gasteiger partial charge in [0.05, 0.1) is 17.3 Å². The number of hydrogen-bond acceptors (Lipinski definition) is 6. The summed E-state index contributed by atoms with van der Waals surface area (Å²) in [6.45, 7) is 0.570. The van der Waals surface area contributed by atoms with Crippen molar-refractivity contribution in [1.82, 2.24) is 24.5 Å². The van der Waals surface area contributed by atoms with Crippen LogP contribution in [0.4, 0.5) is 5.82 Å². The Kier molecular flexibility index (Phi) is 4.45. The van der Waals surface area contributed by atoms with Gasteiger partial charge in [-0.2, -0.15) is 5.10 Å². The fourth-order valence-electron chi connectivity index (χ4n) is 2.33. The molecule has 3 rings (SSSR count). The number of aromatic nitrogens is 4. The van der Waals surface area contributed by atoms with Gasteiger partial charge in [0.15, 0.2) is 5.65 Å². The van der Waals surface area contributed by atoms with E-state index in [0.29, 0.717) is 6.54 Å². The molecule has 9 heteroatoms. The fraction of sp³-hybridized carbons (Fsp3) is 0.267. The highest BCUT2D eigenvalue weighted by Gasteiger charge is 2.09. The third-order valence-electron chi connectivity index (χ3n) is 3.68. The Morgan fingerprint density at radius 1 is 1.12 bits per heavy atom. The van der Waals surface area contributed by atoms with Crippen molar-refractivity contribution in [3.63, 3.8) is 0 Å². The van der Waals surface area contributed by atoms with Crippen molar-refractivity contribution in [3.8, 4) is 0 Å². The van der Waals surface area contributed by atoms with Gasteiger partial charge in [-0.15, -0.1) is 0 Å². The average Bonchev–Trinajstić information content (AvgIpc) is 2.96. The number of rotatable bonds is 6. The van der Waals surface area contributed by atoms with Crippen LogP contribution in [0.15, 0.2) is 36.8 Å². The van der Waals surface area contributed by atoms with Crippen molar-refractivity contribution in [1.29, 1.82) is 0 Å². The predicted octanol–water partition coefficient (Wildman–Crippen LogP) is 1.02. The Hall–Kier alpha value is -2.52. The van der Waals surface area contributed by atoms with Crippen molar-refractivity contribution < 1.29 is 8.42 Å². The number of hydrogen-bond donors (Lipinski definition) is 2. The molecule has 0 bridgehead atoms. The van der Waals surface area contributed by atoms with Crippen LogP contribution in [0.2, 0.25) is 0 Å². The van der Waals surface area contributed by atoms with Gasteiger partial charge in [-0.3, -0.25) is 4.68 Å². The first-order valence-electron chi connectivity index (χ1n) is 7.34. The molecular formula is C15H18N6O2S. The average molecular weight is 346 g/mol. The number of benzene rings is 1. The molecule has 0 atom stereocenters. The molecule has 0 fully saturated rings. The first kappa shape index (κ1) is 16.3. The normalized spacial score (nSPS) is 11.8. The molecule has 2 aromatic heterocycles. The standard InChI is InChI=1S/C15H18N6O2S/c1-16-24(22,23)9-12-5-3-11(4-6-12)7-17-14-13-8-20-21(2)15(13)19-10-18-14/h3-6,8,10,16H,7,9H2,1-2H3,(H,17,18,19). The van der Waals surface area contributed by atoms with Crippen molar-refractivity contribution in [2.24, 2.45) is 7.05 Å². The van der Waals surface area contributed by atoms with Gasteiger partial charge >= 0.3 is 0 Å². The monoisotopic (exact) mass is 346 g/mol. The molecule has 0 saturated heterocycles. The van der Waals surface area contributed by atoms with Crippen LogP contribution in [0.1, 0.15) is 11.1 Å². The molecule has 0 unspecified atom stereocenters. The molecule has 2 heterocycles. The van der Waals surface area contributed by atoms with E-state index < -0.39 is 10.0 Å². The third kappa shape index (κ3) is 3.52. The lowest BCUT2D eigenvalue weighted by atomic mass is 10.1. The summed E-state index contributed by atoms with van der Waals surface area (Å²) < 4.78 is 27.1. The summed E-state index contributed by atoms with van der Waals surface area (Å²) in [5.41, 5.74) is 2.53. The second-order valence-electron chi connectivity index (χ2n) is 5.36. The Morgan fingerprint density at radius 2 is 1.83 bits per heavy atom. The minimum Gasteiger partial charge on any atom is -0.365 e. The highest BCUT2D eigenvalue weighted by Crippen LogP contribution is 2.18. The van der Waals surface area contributed by atoms with Gasteiger partial charge in [0.2, 0.25) is 10.0 Å². The third-order valence-corrected chi connectivity index (χ3v) is 5.02. The second-order valence-corrected chi connectivity index (χ2v) is 7.29. The van der Waals surface area contributed by atoms with E-state index in [-0.39, 0.29) is 5.75 Å². The lowest BCUT2D eigenvalue weighted by Gasteiger charge is -2.08. The first-order chi connectivity index (χ1) is 11.5. The van der Waals surface area contributed by atoms with Crippen LogP contribution in [0, 0.1) is 0 Å². The van der Waals surface area contributed by atoms with Gasteiger partial charge in [0.25, 0.3) is 0 Å². The van der Waals surface area contributed by atoms with Crippen LogP contribution in [-0.2, 0) is 29.4 Å². The summed E-state index contributed by atoms with van der Waals surface area (Å²) >= 11 is 0. The molecule has 0 amide bonds. The largest absolute Gasteiger partial charge is 0.365 e. The quantitative estimate of drug-likeness (QED) is 0.691. The van der Waals surface area contributed by atoms with Gasteiger partial charge in [-0.1, -0.05) is 24.3 Å². The van der Waals surface area contributed by atoms with E-state index in [2.05, 4.69) is 25.1 Å². The zero-order valence-electron chi connectivity index (χ0n) is 13.4. The van der Waals surface area contributed by atoms with Crippen LogP contribution >= 0.6 is 0 Å². The van der Waals surface area contributed by atoms with Gasteiger partial charge in [-0.05, 0) is 18.2 Å². The van der Waals surface area contributed by atoms with E-state index in [4.69, 9.17) is 0 Å². The van der Waals surface area contributed by atoms with E-state index >= 15 is 0 Å². The first-order valence-corrected chi connectivity index (χ1v) is 8.99. The van der Waals surface area contributed by atoms with Crippen LogP contribution < -0.4 is 10.0 Å². The van der Waals surface area contributed by atoms with Crippen molar-refractivity contribution in [2.45, 2.75) is 12.3 Å². The summed E-state index contributed by atoms with van der Waals surface area (Å²) in [6, 6.07) is 7.42. The topological polar surface area (TPSA) is 102 Å². The number of fused-ring (bicyclic) bond motifs is 1. The lowest BCUT2D eigenvalue weighted by molar-refractivity contribution is 0.587. The molecule has 0 aliphatic carbocycles. The number of nitrogens with one attached hydrogen (secondary N) is 2. The number of aryl methyl sites for hydroxylation is 1. The zero-order valence-corrected chi connectivity index (χ0v) is 14.2. The Balaban J connectivity index is 1.70. The molecule has 0 aliphatic rings. The number of nitrogens with zero attached hydrogens (tertiary/aromatic N) is 4. The molecule has 24 heavy (non-hydrogen) atoms. The SMILES string of the molecule is CNS(=O)(=O)Cc1ccc(CNc2ncnc3c2cnn3C)cc1. The lowest BCUT2D eigenvalue weighted by Crippen LogP contribution is -2.20. The van der Waals surface area contributed by atoms with E-state index in [9.17, 15) is 8.42 Å². The molecule has 0 saturated carbocycles. The number of sulfonamides is 1. The number of anilines is 1. The Labute approximate surface area is 140 Å². The van der Waals surface area contributed by atoms with Crippen molar-refractivity contribution >= 4 is 26.9 Å². The molecule has 3 aromatic rings. The van der Waals surface area contributed by atoms with Crippen molar-refractivity contribution in [3.05, 3.63) is 47.9 Å². The van der Waals surface area contributed by atoms with Crippen LogP contribution in [0.3, 0.4) is 0 Å². The van der Waals surface area contributed by atoms with E-state index in [1.807, 2.05) is 31.3 Å².